The molecule has 0 spiro atoms. The molecule has 2 fully saturated rings. The van der Waals surface area contributed by atoms with Crippen molar-refractivity contribution in [3.63, 3.8) is 0 Å². The summed E-state index contributed by atoms with van der Waals surface area (Å²) in [5, 5.41) is 3.23. The molecule has 0 bridgehead atoms. The number of rotatable bonds is 7. The van der Waals surface area contributed by atoms with Crippen LogP contribution in [0.15, 0.2) is 30.3 Å². The summed E-state index contributed by atoms with van der Waals surface area (Å²) < 4.78 is 15.7. The number of quaternary nitrogens is 1. The summed E-state index contributed by atoms with van der Waals surface area (Å²) in [5.74, 6) is 0.00688. The summed E-state index contributed by atoms with van der Waals surface area (Å²) in [4.78, 5) is 19.2. The predicted molar refractivity (Wildman–Crippen MR) is 134 cm³/mol. The lowest BCUT2D eigenvalue weighted by Crippen LogP contribution is -2.55. The van der Waals surface area contributed by atoms with Crippen LogP contribution in [0.25, 0.3) is 0 Å². The topological polar surface area (TPSA) is 71.2 Å². The molecular weight excluding hydrogens is 417 g/mol. The molecule has 1 aromatic carbocycles. The lowest BCUT2D eigenvalue weighted by atomic mass is 9.81. The van der Waals surface area contributed by atoms with Crippen LogP contribution in [0.1, 0.15) is 62.2 Å². The molecule has 1 saturated heterocycles. The molecule has 6 nitrogen and oxygen atoms in total. The molecule has 33 heavy (non-hydrogen) atoms. The van der Waals surface area contributed by atoms with Crippen molar-refractivity contribution in [1.82, 2.24) is 9.47 Å². The molecule has 0 radical (unpaired) electrons. The van der Waals surface area contributed by atoms with Gasteiger partial charge in [-0.3, -0.25) is 9.28 Å². The lowest BCUT2D eigenvalue weighted by Gasteiger charge is -2.43. The van der Waals surface area contributed by atoms with Crippen LogP contribution >= 0.6 is 0 Å². The van der Waals surface area contributed by atoms with E-state index in [1.807, 2.05) is 26.2 Å². The molecule has 4 rings (SSSR count). The normalized spacial score (nSPS) is 21.3. The van der Waals surface area contributed by atoms with Crippen molar-refractivity contribution in [1.29, 1.82) is 0 Å². The van der Waals surface area contributed by atoms with Gasteiger partial charge in [0, 0.05) is 36.8 Å². The molecule has 3 N–H and O–H groups in total. The first-order valence-electron chi connectivity index (χ1n) is 12.3. The zero-order valence-electron chi connectivity index (χ0n) is 20.1. The number of anilines is 3. The quantitative estimate of drug-likeness (QED) is 0.564. The second kappa shape index (κ2) is 9.67. The van der Waals surface area contributed by atoms with E-state index in [1.165, 1.54) is 31.0 Å². The molecule has 178 valence electrons. The number of primary amides is 1. The summed E-state index contributed by atoms with van der Waals surface area (Å²) in [6, 6.07) is 9.61. The number of benzene rings is 1. The van der Waals surface area contributed by atoms with E-state index in [-0.39, 0.29) is 11.6 Å². The number of nitrogens with zero attached hydrogens (tertiary/aromatic N) is 3. The van der Waals surface area contributed by atoms with Gasteiger partial charge in [0.25, 0.3) is 11.7 Å². The number of hydrogen-bond donors (Lipinski definition) is 2. The zero-order chi connectivity index (χ0) is 23.6. The Labute approximate surface area is 196 Å². The molecular formula is C26H37FN5O+. The van der Waals surface area contributed by atoms with Gasteiger partial charge in [-0.05, 0) is 62.4 Å². The van der Waals surface area contributed by atoms with Gasteiger partial charge < -0.3 is 16.0 Å². The van der Waals surface area contributed by atoms with Gasteiger partial charge in [0.15, 0.2) is 0 Å². The lowest BCUT2D eigenvalue weighted by molar-refractivity contribution is 0.1000. The summed E-state index contributed by atoms with van der Waals surface area (Å²) in [6.07, 6.45) is 8.10. The smallest absolute Gasteiger partial charge is 0.265 e. The Morgan fingerprint density at radius 3 is 2.45 bits per heavy atom. The summed E-state index contributed by atoms with van der Waals surface area (Å²) in [6.45, 7) is 4.37. The maximum atomic E-state index is 15.3. The van der Waals surface area contributed by atoms with Crippen molar-refractivity contribution in [2.45, 2.75) is 57.9 Å². The van der Waals surface area contributed by atoms with Crippen LogP contribution in [-0.2, 0) is 0 Å². The highest BCUT2D eigenvalue weighted by Gasteiger charge is 2.41. The van der Waals surface area contributed by atoms with E-state index in [0.29, 0.717) is 22.0 Å². The van der Waals surface area contributed by atoms with Crippen molar-refractivity contribution < 1.29 is 9.18 Å². The Balaban J connectivity index is 1.66. The molecule has 1 aliphatic heterocycles. The number of amides is 1. The fourth-order valence-corrected chi connectivity index (χ4v) is 5.71. The molecule has 1 aromatic heterocycles. The maximum absolute atomic E-state index is 15.3. The Bertz CT molecular complexity index is 985. The standard InChI is InChI=1S/C26H36FN5O/c1-4-18-9-5-6-10-23(18)32(2,3)26-22(27)17-21(24(28)33)25(30-26)29-19-11-13-20(14-12-19)31-15-7-8-16-31/h11-14,17-18,23H,4-10,15-16H2,1-3H3,(H2-,28,29,30,33)/p+1. The summed E-state index contributed by atoms with van der Waals surface area (Å²) in [5.41, 5.74) is 7.63. The number of carbonyl (C=O) groups is 1. The average Bonchev–Trinajstić information content (AvgIpc) is 3.35. The molecule has 2 aliphatic rings. The van der Waals surface area contributed by atoms with E-state index >= 15 is 4.39 Å². The van der Waals surface area contributed by atoms with Gasteiger partial charge in [-0.15, -0.1) is 0 Å². The zero-order valence-corrected chi connectivity index (χ0v) is 20.1. The fourth-order valence-electron chi connectivity index (χ4n) is 5.71. The number of aromatic nitrogens is 1. The number of nitrogens with one attached hydrogen (secondary N) is 1. The molecule has 2 unspecified atom stereocenters. The van der Waals surface area contributed by atoms with E-state index in [4.69, 9.17) is 5.73 Å². The van der Waals surface area contributed by atoms with Crippen LogP contribution in [0, 0.1) is 11.7 Å². The van der Waals surface area contributed by atoms with Crippen molar-refractivity contribution in [3.8, 4) is 0 Å². The monoisotopic (exact) mass is 454 g/mol. The number of hydrogen-bond acceptors (Lipinski definition) is 4. The molecule has 2 aromatic rings. The van der Waals surface area contributed by atoms with Gasteiger partial charge in [0.2, 0.25) is 5.82 Å². The van der Waals surface area contributed by atoms with Crippen LogP contribution in [0.4, 0.5) is 27.4 Å². The third kappa shape index (κ3) is 4.83. The average molecular weight is 455 g/mol. The van der Waals surface area contributed by atoms with E-state index in [1.54, 1.807) is 0 Å². The van der Waals surface area contributed by atoms with Crippen LogP contribution in [0.2, 0.25) is 0 Å². The minimum Gasteiger partial charge on any atom is -0.372 e. The van der Waals surface area contributed by atoms with Crippen LogP contribution in [-0.4, -0.2) is 44.1 Å². The number of carbonyl (C=O) groups excluding carboxylic acids is 1. The second-order valence-electron chi connectivity index (χ2n) is 9.98. The molecule has 1 aliphatic carbocycles. The third-order valence-corrected chi connectivity index (χ3v) is 7.59. The summed E-state index contributed by atoms with van der Waals surface area (Å²) in [7, 11) is 4.06. The Kier molecular flexibility index (Phi) is 6.88. The van der Waals surface area contributed by atoms with Gasteiger partial charge in [0.1, 0.15) is 5.82 Å². The Morgan fingerprint density at radius 2 is 1.82 bits per heavy atom. The molecule has 2 heterocycles. The minimum atomic E-state index is -0.696. The van der Waals surface area contributed by atoms with Crippen molar-refractivity contribution in [2.75, 3.05) is 37.4 Å². The van der Waals surface area contributed by atoms with Crippen molar-refractivity contribution in [3.05, 3.63) is 41.7 Å². The van der Waals surface area contributed by atoms with E-state index in [9.17, 15) is 4.79 Å². The first kappa shape index (κ1) is 23.5. The predicted octanol–water partition coefficient (Wildman–Crippen LogP) is 5.20. The first-order chi connectivity index (χ1) is 15.8. The molecule has 1 amide bonds. The SMILES string of the molecule is CCC1CCCCC1[N+](C)(C)c1nc(Nc2ccc(N3CCCC3)cc2)c(C(N)=O)cc1F. The van der Waals surface area contributed by atoms with Crippen molar-refractivity contribution >= 4 is 28.9 Å². The Hall–Kier alpha value is -2.67. The highest BCUT2D eigenvalue weighted by atomic mass is 19.1. The minimum absolute atomic E-state index is 0.0653. The van der Waals surface area contributed by atoms with E-state index in [2.05, 4.69) is 34.3 Å². The summed E-state index contributed by atoms with van der Waals surface area (Å²) >= 11 is 0. The number of nitrogens with two attached hydrogens (primary N) is 1. The largest absolute Gasteiger partial charge is 0.372 e. The third-order valence-electron chi connectivity index (χ3n) is 7.59. The molecule has 1 saturated carbocycles. The van der Waals surface area contributed by atoms with Crippen molar-refractivity contribution in [2.24, 2.45) is 11.7 Å². The van der Waals surface area contributed by atoms with Gasteiger partial charge in [-0.2, -0.15) is 9.37 Å². The van der Waals surface area contributed by atoms with E-state index in [0.717, 1.165) is 44.5 Å². The van der Waals surface area contributed by atoms with Gasteiger partial charge in [-0.25, -0.2) is 0 Å². The van der Waals surface area contributed by atoms with Gasteiger partial charge in [-0.1, -0.05) is 13.3 Å². The number of pyridine rings is 1. The maximum Gasteiger partial charge on any atom is 0.265 e. The molecule has 7 heteroatoms. The van der Waals surface area contributed by atoms with Gasteiger partial charge in [0.05, 0.1) is 25.7 Å². The highest BCUT2D eigenvalue weighted by molar-refractivity contribution is 5.98. The van der Waals surface area contributed by atoms with Crippen LogP contribution in [0.3, 0.4) is 0 Å². The van der Waals surface area contributed by atoms with E-state index < -0.39 is 11.7 Å². The highest BCUT2D eigenvalue weighted by Crippen LogP contribution is 2.38. The first-order valence-corrected chi connectivity index (χ1v) is 12.3. The Morgan fingerprint density at radius 1 is 1.15 bits per heavy atom. The number of halogens is 1. The molecule has 2 atom stereocenters. The van der Waals surface area contributed by atoms with Crippen LogP contribution < -0.4 is 20.4 Å². The second-order valence-corrected chi connectivity index (χ2v) is 9.98. The fraction of sp³-hybridized carbons (Fsp3) is 0.538. The van der Waals surface area contributed by atoms with Gasteiger partial charge >= 0.3 is 0 Å². The van der Waals surface area contributed by atoms with Crippen LogP contribution in [0.5, 0.6) is 0 Å².